The highest BCUT2D eigenvalue weighted by Gasteiger charge is 2.50. The molecule has 5 N–H and O–H groups in total. The van der Waals surface area contributed by atoms with Crippen molar-refractivity contribution in [3.05, 3.63) is 22.2 Å². The third-order valence-electron chi connectivity index (χ3n) is 4.09. The Bertz CT molecular complexity index is 538. The summed E-state index contributed by atoms with van der Waals surface area (Å²) in [5, 5.41) is 13.9. The Morgan fingerprint density at radius 3 is 3.00 bits per heavy atom. The predicted molar refractivity (Wildman–Crippen MR) is 73.2 cm³/mol. The molecule has 3 rings (SSSR count). The van der Waals surface area contributed by atoms with E-state index in [4.69, 9.17) is 16.2 Å². The van der Waals surface area contributed by atoms with Crippen LogP contribution < -0.4 is 16.8 Å². The fourth-order valence-corrected chi connectivity index (χ4v) is 3.00. The number of hydrogen-bond acceptors (Lipinski definition) is 7. The second kappa shape index (κ2) is 4.88. The number of aromatic nitrogens is 1. The zero-order valence-electron chi connectivity index (χ0n) is 10.9. The standard InChI is InChI=1S/C12H17N5O3/c13-9-6-2-1-5-20-11(6)10(9)15-8-4-3-7(17(18)19)12(14)16-8/h3-4,6,9-11H,1-2,5,13H2,(H3,14,15,16). The molecule has 2 aliphatic rings. The van der Waals surface area contributed by atoms with Crippen molar-refractivity contribution in [1.29, 1.82) is 0 Å². The molecule has 1 aliphatic carbocycles. The SMILES string of the molecule is Nc1nc(NC2C(N)C3CCCOC32)ccc1[N+](=O)[O-]. The Hall–Kier alpha value is -1.93. The van der Waals surface area contributed by atoms with Crippen molar-refractivity contribution in [2.45, 2.75) is 31.0 Å². The molecule has 1 saturated carbocycles. The first-order valence-electron chi connectivity index (χ1n) is 6.62. The van der Waals surface area contributed by atoms with Crippen LogP contribution in [0.3, 0.4) is 0 Å². The van der Waals surface area contributed by atoms with Gasteiger partial charge in [0.05, 0.1) is 17.1 Å². The Morgan fingerprint density at radius 2 is 2.30 bits per heavy atom. The lowest BCUT2D eigenvalue weighted by molar-refractivity contribution is -0.384. The number of pyridine rings is 1. The molecule has 8 heteroatoms. The molecule has 4 atom stereocenters. The molecule has 108 valence electrons. The van der Waals surface area contributed by atoms with Crippen molar-refractivity contribution in [3.63, 3.8) is 0 Å². The van der Waals surface area contributed by atoms with E-state index < -0.39 is 4.92 Å². The maximum absolute atomic E-state index is 10.7. The van der Waals surface area contributed by atoms with Crippen LogP contribution in [0.15, 0.2) is 12.1 Å². The molecule has 4 unspecified atom stereocenters. The van der Waals surface area contributed by atoms with Gasteiger partial charge in [-0.25, -0.2) is 4.98 Å². The number of fused-ring (bicyclic) bond motifs is 1. The number of nitro groups is 1. The van der Waals surface area contributed by atoms with Gasteiger partial charge in [-0.2, -0.15) is 0 Å². The number of hydrogen-bond donors (Lipinski definition) is 3. The van der Waals surface area contributed by atoms with Gasteiger partial charge in [0.1, 0.15) is 5.82 Å². The molecular formula is C12H17N5O3. The molecule has 1 saturated heterocycles. The number of nitrogens with one attached hydrogen (secondary N) is 1. The van der Waals surface area contributed by atoms with E-state index in [2.05, 4.69) is 10.3 Å². The van der Waals surface area contributed by atoms with Crippen LogP contribution in [-0.4, -0.2) is 34.7 Å². The van der Waals surface area contributed by atoms with Gasteiger partial charge in [0, 0.05) is 24.6 Å². The van der Waals surface area contributed by atoms with Crippen LogP contribution in [0, 0.1) is 16.0 Å². The molecule has 0 radical (unpaired) electrons. The van der Waals surface area contributed by atoms with E-state index in [-0.39, 0.29) is 29.7 Å². The van der Waals surface area contributed by atoms with Gasteiger partial charge in [-0.3, -0.25) is 10.1 Å². The molecule has 20 heavy (non-hydrogen) atoms. The summed E-state index contributed by atoms with van der Waals surface area (Å²) in [6.07, 6.45) is 2.22. The minimum absolute atomic E-state index is 0.0125. The summed E-state index contributed by atoms with van der Waals surface area (Å²) >= 11 is 0. The summed E-state index contributed by atoms with van der Waals surface area (Å²) in [5.41, 5.74) is 11.5. The Balaban J connectivity index is 1.72. The molecule has 8 nitrogen and oxygen atoms in total. The summed E-state index contributed by atoms with van der Waals surface area (Å²) in [4.78, 5) is 14.1. The number of ether oxygens (including phenoxy) is 1. The molecule has 1 aromatic rings. The second-order valence-electron chi connectivity index (χ2n) is 5.25. The number of anilines is 2. The zero-order chi connectivity index (χ0) is 14.3. The minimum Gasteiger partial charge on any atom is -0.378 e. The first kappa shape index (κ1) is 13.1. The van der Waals surface area contributed by atoms with E-state index in [1.807, 2.05) is 0 Å². The monoisotopic (exact) mass is 279 g/mol. The van der Waals surface area contributed by atoms with Crippen LogP contribution in [0.2, 0.25) is 0 Å². The average Bonchev–Trinajstić information content (AvgIpc) is 2.44. The first-order valence-corrected chi connectivity index (χ1v) is 6.62. The largest absolute Gasteiger partial charge is 0.378 e. The van der Waals surface area contributed by atoms with Crippen LogP contribution in [-0.2, 0) is 4.74 Å². The number of nitrogens with two attached hydrogens (primary N) is 2. The second-order valence-corrected chi connectivity index (χ2v) is 5.25. The topological polar surface area (TPSA) is 129 Å². The van der Waals surface area contributed by atoms with Crippen molar-refractivity contribution in [2.24, 2.45) is 11.7 Å². The number of nitrogens with zero attached hydrogens (tertiary/aromatic N) is 2. The molecule has 0 bridgehead atoms. The average molecular weight is 279 g/mol. The summed E-state index contributed by atoms with van der Waals surface area (Å²) in [7, 11) is 0. The van der Waals surface area contributed by atoms with Gasteiger partial charge in [-0.05, 0) is 18.9 Å². The van der Waals surface area contributed by atoms with Gasteiger partial charge in [-0.1, -0.05) is 0 Å². The maximum Gasteiger partial charge on any atom is 0.311 e. The van der Waals surface area contributed by atoms with Gasteiger partial charge in [0.25, 0.3) is 0 Å². The van der Waals surface area contributed by atoms with Crippen LogP contribution in [0.1, 0.15) is 12.8 Å². The third kappa shape index (κ3) is 2.06. The van der Waals surface area contributed by atoms with E-state index >= 15 is 0 Å². The van der Waals surface area contributed by atoms with Gasteiger partial charge < -0.3 is 21.5 Å². The molecule has 0 spiro atoms. The van der Waals surface area contributed by atoms with Gasteiger partial charge in [0.2, 0.25) is 5.82 Å². The molecule has 0 aromatic carbocycles. The van der Waals surface area contributed by atoms with Crippen LogP contribution in [0.5, 0.6) is 0 Å². The molecular weight excluding hydrogens is 262 g/mol. The number of rotatable bonds is 3. The smallest absolute Gasteiger partial charge is 0.311 e. The highest BCUT2D eigenvalue weighted by atomic mass is 16.6. The fraction of sp³-hybridized carbons (Fsp3) is 0.583. The Labute approximate surface area is 115 Å². The minimum atomic E-state index is -0.554. The van der Waals surface area contributed by atoms with Crippen LogP contribution in [0.25, 0.3) is 0 Å². The molecule has 0 amide bonds. The van der Waals surface area contributed by atoms with Crippen LogP contribution >= 0.6 is 0 Å². The lowest BCUT2D eigenvalue weighted by atomic mass is 9.68. The Kier molecular flexibility index (Phi) is 3.19. The fourth-order valence-electron chi connectivity index (χ4n) is 3.00. The normalized spacial score (nSPS) is 32.0. The van der Waals surface area contributed by atoms with Crippen molar-refractivity contribution < 1.29 is 9.66 Å². The lowest BCUT2D eigenvalue weighted by Crippen LogP contribution is -2.69. The molecule has 2 fully saturated rings. The molecule has 2 heterocycles. The quantitative estimate of drug-likeness (QED) is 0.542. The highest BCUT2D eigenvalue weighted by molar-refractivity contribution is 5.57. The van der Waals surface area contributed by atoms with E-state index in [0.717, 1.165) is 19.4 Å². The van der Waals surface area contributed by atoms with Gasteiger partial charge >= 0.3 is 5.69 Å². The Morgan fingerprint density at radius 1 is 1.50 bits per heavy atom. The predicted octanol–water partition coefficient (Wildman–Crippen LogP) is 0.489. The zero-order valence-corrected chi connectivity index (χ0v) is 10.9. The molecule has 1 aromatic heterocycles. The van der Waals surface area contributed by atoms with E-state index in [1.165, 1.54) is 12.1 Å². The van der Waals surface area contributed by atoms with E-state index in [9.17, 15) is 10.1 Å². The van der Waals surface area contributed by atoms with Gasteiger partial charge in [0.15, 0.2) is 0 Å². The van der Waals surface area contributed by atoms with Crippen molar-refractivity contribution in [2.75, 3.05) is 17.7 Å². The highest BCUT2D eigenvalue weighted by Crippen LogP contribution is 2.38. The summed E-state index contributed by atoms with van der Waals surface area (Å²) < 4.78 is 5.71. The lowest BCUT2D eigenvalue weighted by Gasteiger charge is -2.52. The van der Waals surface area contributed by atoms with Crippen molar-refractivity contribution >= 4 is 17.3 Å². The third-order valence-corrected chi connectivity index (χ3v) is 4.09. The van der Waals surface area contributed by atoms with E-state index in [1.54, 1.807) is 0 Å². The van der Waals surface area contributed by atoms with Crippen molar-refractivity contribution in [1.82, 2.24) is 4.98 Å². The van der Waals surface area contributed by atoms with E-state index in [0.29, 0.717) is 11.7 Å². The van der Waals surface area contributed by atoms with Gasteiger partial charge in [-0.15, -0.1) is 0 Å². The maximum atomic E-state index is 10.7. The first-order chi connectivity index (χ1) is 9.58. The summed E-state index contributed by atoms with van der Waals surface area (Å²) in [6.45, 7) is 0.752. The number of nitrogen functional groups attached to an aromatic ring is 1. The van der Waals surface area contributed by atoms with Crippen LogP contribution in [0.4, 0.5) is 17.3 Å². The summed E-state index contributed by atoms with van der Waals surface area (Å²) in [6, 6.07) is 2.87. The molecule has 1 aliphatic heterocycles. The van der Waals surface area contributed by atoms with Crippen molar-refractivity contribution in [3.8, 4) is 0 Å². The summed E-state index contributed by atoms with van der Waals surface area (Å²) in [5.74, 6) is 0.770.